The number of esters is 1. The van der Waals surface area contributed by atoms with Gasteiger partial charge in [-0.2, -0.15) is 0 Å². The molecular formula is C13H16ClNO2. The molecule has 0 radical (unpaired) electrons. The molecule has 0 saturated carbocycles. The average molecular weight is 254 g/mol. The second-order valence-corrected chi connectivity index (χ2v) is 5.65. The Bertz CT molecular complexity index is 463. The Morgan fingerprint density at radius 2 is 2.12 bits per heavy atom. The summed E-state index contributed by atoms with van der Waals surface area (Å²) in [6.07, 6.45) is 3.00. The lowest BCUT2D eigenvalue weighted by molar-refractivity contribution is 0.00692. The first kappa shape index (κ1) is 12.4. The molecule has 1 aliphatic carbocycles. The molecule has 0 fully saturated rings. The van der Waals surface area contributed by atoms with Crippen LogP contribution in [-0.4, -0.2) is 16.6 Å². The Morgan fingerprint density at radius 1 is 1.41 bits per heavy atom. The van der Waals surface area contributed by atoms with Crippen LogP contribution < -0.4 is 0 Å². The zero-order valence-corrected chi connectivity index (χ0v) is 11.1. The van der Waals surface area contributed by atoms with Crippen molar-refractivity contribution < 1.29 is 9.53 Å². The van der Waals surface area contributed by atoms with Crippen molar-refractivity contribution in [2.75, 3.05) is 0 Å². The van der Waals surface area contributed by atoms with Crippen molar-refractivity contribution >= 4 is 17.6 Å². The molecule has 17 heavy (non-hydrogen) atoms. The van der Waals surface area contributed by atoms with Gasteiger partial charge in [-0.15, -0.1) is 0 Å². The number of aryl methyl sites for hydroxylation is 2. The third-order valence-corrected chi connectivity index (χ3v) is 2.91. The molecule has 0 bridgehead atoms. The highest BCUT2D eigenvalue weighted by atomic mass is 35.5. The molecule has 0 atom stereocenters. The van der Waals surface area contributed by atoms with Crippen molar-refractivity contribution in [2.24, 2.45) is 0 Å². The minimum atomic E-state index is -0.514. The van der Waals surface area contributed by atoms with E-state index in [9.17, 15) is 4.79 Å². The molecule has 0 aliphatic heterocycles. The fraction of sp³-hybridized carbons (Fsp3) is 0.538. The van der Waals surface area contributed by atoms with Crippen molar-refractivity contribution in [1.29, 1.82) is 0 Å². The summed E-state index contributed by atoms with van der Waals surface area (Å²) in [5.41, 5.74) is 2.00. The van der Waals surface area contributed by atoms with Gasteiger partial charge in [0.05, 0.1) is 5.56 Å². The van der Waals surface area contributed by atoms with Gasteiger partial charge in [-0.3, -0.25) is 0 Å². The fourth-order valence-corrected chi connectivity index (χ4v) is 2.16. The van der Waals surface area contributed by atoms with Gasteiger partial charge in [0.25, 0.3) is 0 Å². The zero-order chi connectivity index (χ0) is 12.6. The number of halogens is 1. The third kappa shape index (κ3) is 2.78. The average Bonchev–Trinajstić information content (AvgIpc) is 2.60. The number of pyridine rings is 1. The molecule has 0 saturated heterocycles. The predicted octanol–water partition coefficient (Wildman–Crippen LogP) is 3.18. The van der Waals surface area contributed by atoms with Gasteiger partial charge in [0.15, 0.2) is 0 Å². The van der Waals surface area contributed by atoms with E-state index in [1.54, 1.807) is 0 Å². The van der Waals surface area contributed by atoms with Gasteiger partial charge in [0, 0.05) is 5.69 Å². The number of ether oxygens (including phenoxy) is 1. The molecule has 2 rings (SSSR count). The highest BCUT2D eigenvalue weighted by molar-refractivity contribution is 6.32. The number of nitrogens with zero attached hydrogens (tertiary/aromatic N) is 1. The van der Waals surface area contributed by atoms with Gasteiger partial charge in [-0.25, -0.2) is 9.78 Å². The van der Waals surface area contributed by atoms with E-state index in [4.69, 9.17) is 16.3 Å². The number of hydrogen-bond acceptors (Lipinski definition) is 3. The molecule has 1 heterocycles. The highest BCUT2D eigenvalue weighted by Gasteiger charge is 2.23. The van der Waals surface area contributed by atoms with Crippen molar-refractivity contribution in [3.63, 3.8) is 0 Å². The molecule has 0 spiro atoms. The maximum absolute atomic E-state index is 11.9. The smallest absolute Gasteiger partial charge is 0.341 e. The molecule has 0 aromatic carbocycles. The van der Waals surface area contributed by atoms with Gasteiger partial charge >= 0.3 is 5.97 Å². The van der Waals surface area contributed by atoms with Crippen molar-refractivity contribution in [1.82, 2.24) is 4.98 Å². The van der Waals surface area contributed by atoms with Crippen LogP contribution in [0.3, 0.4) is 0 Å². The molecule has 1 aromatic heterocycles. The molecule has 1 aromatic rings. The highest BCUT2D eigenvalue weighted by Crippen LogP contribution is 2.26. The number of carbonyl (C=O) groups is 1. The minimum absolute atomic E-state index is 0.250. The molecule has 0 N–H and O–H groups in total. The monoisotopic (exact) mass is 253 g/mol. The number of rotatable bonds is 1. The van der Waals surface area contributed by atoms with Crippen molar-refractivity contribution in [3.05, 3.63) is 28.0 Å². The van der Waals surface area contributed by atoms with E-state index in [1.807, 2.05) is 26.8 Å². The van der Waals surface area contributed by atoms with Crippen molar-refractivity contribution in [2.45, 2.75) is 45.6 Å². The normalized spacial score (nSPS) is 14.6. The van der Waals surface area contributed by atoms with E-state index in [0.717, 1.165) is 30.5 Å². The Hall–Kier alpha value is -1.09. The lowest BCUT2D eigenvalue weighted by Gasteiger charge is -2.20. The molecule has 92 valence electrons. The summed E-state index contributed by atoms with van der Waals surface area (Å²) in [5.74, 6) is -0.398. The Labute approximate surface area is 106 Å². The van der Waals surface area contributed by atoms with Gasteiger partial charge in [0.2, 0.25) is 0 Å². The van der Waals surface area contributed by atoms with Gasteiger partial charge in [0.1, 0.15) is 10.8 Å². The van der Waals surface area contributed by atoms with Crippen LogP contribution in [0.5, 0.6) is 0 Å². The summed E-state index contributed by atoms with van der Waals surface area (Å²) < 4.78 is 5.30. The van der Waals surface area contributed by atoms with Crippen molar-refractivity contribution in [3.8, 4) is 0 Å². The number of aromatic nitrogens is 1. The molecule has 0 unspecified atom stereocenters. The molecule has 3 nitrogen and oxygen atoms in total. The Balaban J connectivity index is 2.30. The lowest BCUT2D eigenvalue weighted by atomic mass is 10.1. The van der Waals surface area contributed by atoms with Crippen LogP contribution in [0.2, 0.25) is 5.15 Å². The minimum Gasteiger partial charge on any atom is -0.456 e. The van der Waals surface area contributed by atoms with E-state index in [-0.39, 0.29) is 5.15 Å². The first-order valence-electron chi connectivity index (χ1n) is 5.78. The van der Waals surface area contributed by atoms with Crippen LogP contribution in [0.1, 0.15) is 48.8 Å². The first-order chi connectivity index (χ1) is 7.87. The van der Waals surface area contributed by atoms with Crippen LogP contribution in [0.25, 0.3) is 0 Å². The van der Waals surface area contributed by atoms with Crippen LogP contribution in [0, 0.1) is 0 Å². The topological polar surface area (TPSA) is 39.2 Å². The fourth-order valence-electron chi connectivity index (χ4n) is 1.92. The molecular weight excluding hydrogens is 238 g/mol. The largest absolute Gasteiger partial charge is 0.456 e. The van der Waals surface area contributed by atoms with Crippen LogP contribution >= 0.6 is 11.6 Å². The number of hydrogen-bond donors (Lipinski definition) is 0. The summed E-state index contributed by atoms with van der Waals surface area (Å²) in [6, 6.07) is 1.83. The van der Waals surface area contributed by atoms with Gasteiger partial charge in [-0.1, -0.05) is 11.6 Å². The SMILES string of the molecule is CC(C)(C)OC(=O)c1cc2c(nc1Cl)CCC2. The lowest BCUT2D eigenvalue weighted by Crippen LogP contribution is -2.24. The summed E-state index contributed by atoms with van der Waals surface area (Å²) in [5, 5.41) is 0.250. The quantitative estimate of drug-likeness (QED) is 0.570. The van der Waals surface area contributed by atoms with Crippen LogP contribution in [-0.2, 0) is 17.6 Å². The summed E-state index contributed by atoms with van der Waals surface area (Å²) in [7, 11) is 0. The van der Waals surface area contributed by atoms with Crippen LogP contribution in [0.4, 0.5) is 0 Å². The Morgan fingerprint density at radius 3 is 2.76 bits per heavy atom. The molecule has 1 aliphatic rings. The van der Waals surface area contributed by atoms with E-state index >= 15 is 0 Å². The molecule has 0 amide bonds. The summed E-state index contributed by atoms with van der Waals surface area (Å²) in [6.45, 7) is 5.50. The third-order valence-electron chi connectivity index (χ3n) is 2.62. The predicted molar refractivity (Wildman–Crippen MR) is 66.4 cm³/mol. The van der Waals surface area contributed by atoms with Gasteiger partial charge in [-0.05, 0) is 51.7 Å². The zero-order valence-electron chi connectivity index (χ0n) is 10.3. The first-order valence-corrected chi connectivity index (χ1v) is 6.16. The maximum Gasteiger partial charge on any atom is 0.341 e. The van der Waals surface area contributed by atoms with Crippen LogP contribution in [0.15, 0.2) is 6.07 Å². The number of carbonyl (C=O) groups excluding carboxylic acids is 1. The second-order valence-electron chi connectivity index (χ2n) is 5.29. The van der Waals surface area contributed by atoms with Gasteiger partial charge < -0.3 is 4.74 Å². The van der Waals surface area contributed by atoms with E-state index in [0.29, 0.717) is 5.56 Å². The Kier molecular flexibility index (Phi) is 3.13. The second kappa shape index (κ2) is 4.30. The summed E-state index contributed by atoms with van der Waals surface area (Å²) in [4.78, 5) is 16.2. The maximum atomic E-state index is 11.9. The number of fused-ring (bicyclic) bond motifs is 1. The summed E-state index contributed by atoms with van der Waals surface area (Å²) >= 11 is 6.02. The van der Waals surface area contributed by atoms with E-state index in [2.05, 4.69) is 4.98 Å². The van der Waals surface area contributed by atoms with E-state index in [1.165, 1.54) is 0 Å². The van der Waals surface area contributed by atoms with E-state index < -0.39 is 11.6 Å². The molecule has 4 heteroatoms. The standard InChI is InChI=1S/C13H16ClNO2/c1-13(2,3)17-12(16)9-7-8-5-4-6-10(8)15-11(9)14/h7H,4-6H2,1-3H3.